The first-order valence-corrected chi connectivity index (χ1v) is 11.2. The molecule has 31 heavy (non-hydrogen) atoms. The Bertz CT molecular complexity index is 1230. The van der Waals surface area contributed by atoms with E-state index in [1.165, 1.54) is 16.6 Å². The number of nitrogens with zero attached hydrogens (tertiary/aromatic N) is 6. The highest BCUT2D eigenvalue weighted by molar-refractivity contribution is 7.89. The molecule has 2 aliphatic heterocycles. The molecule has 0 spiro atoms. The molecule has 1 saturated heterocycles. The van der Waals surface area contributed by atoms with Gasteiger partial charge >= 0.3 is 0 Å². The van der Waals surface area contributed by atoms with Crippen LogP contribution in [0.1, 0.15) is 16.2 Å². The molecule has 0 aliphatic carbocycles. The predicted molar refractivity (Wildman–Crippen MR) is 109 cm³/mol. The Kier molecular flexibility index (Phi) is 4.71. The first kappa shape index (κ1) is 19.6. The van der Waals surface area contributed by atoms with E-state index in [0.717, 1.165) is 0 Å². The third kappa shape index (κ3) is 3.45. The maximum absolute atomic E-state index is 13.6. The standard InChI is InChI=1S/C20H20N6O4S/c1-24-10-7-15(23-24)20(27)25-12-16-17(13-25)30-19-18(6-4-9-22-19)31(28,29)26(16)11-14-5-2-3-8-21-14/h2-10,16-17H,11-13H2,1H3/t16-,17+/m0/s1. The number of carbonyl (C=O) groups excluding carboxylic acids is 1. The largest absolute Gasteiger partial charge is 0.470 e. The fourth-order valence-corrected chi connectivity index (χ4v) is 5.65. The summed E-state index contributed by atoms with van der Waals surface area (Å²) in [6.45, 7) is 0.470. The second-order valence-electron chi connectivity index (χ2n) is 7.49. The molecule has 1 fully saturated rings. The summed E-state index contributed by atoms with van der Waals surface area (Å²) in [6, 6.07) is 9.45. The SMILES string of the molecule is Cn1ccc(C(=O)N2C[C@H]3Oc4ncccc4S(=O)(=O)N(Cc4ccccn4)[C@H]3C2)n1. The monoisotopic (exact) mass is 440 g/mol. The van der Waals surface area contributed by atoms with Gasteiger partial charge in [-0.3, -0.25) is 14.5 Å². The molecule has 11 heteroatoms. The van der Waals surface area contributed by atoms with Crippen molar-refractivity contribution in [2.45, 2.75) is 23.6 Å². The lowest BCUT2D eigenvalue weighted by atomic mass is 10.2. The van der Waals surface area contributed by atoms with Crippen LogP contribution >= 0.6 is 0 Å². The van der Waals surface area contributed by atoms with Crippen LogP contribution in [0.25, 0.3) is 0 Å². The first-order valence-electron chi connectivity index (χ1n) is 9.76. The van der Waals surface area contributed by atoms with Crippen LogP contribution in [0, 0.1) is 0 Å². The lowest BCUT2D eigenvalue weighted by Gasteiger charge is -2.27. The van der Waals surface area contributed by atoms with Crippen molar-refractivity contribution in [3.05, 3.63) is 66.4 Å². The summed E-state index contributed by atoms with van der Waals surface area (Å²) in [7, 11) is -2.20. The maximum Gasteiger partial charge on any atom is 0.274 e. The Morgan fingerprint density at radius 1 is 1.13 bits per heavy atom. The molecule has 0 N–H and O–H groups in total. The number of hydrogen-bond acceptors (Lipinski definition) is 7. The van der Waals surface area contributed by atoms with E-state index in [1.807, 2.05) is 6.07 Å². The van der Waals surface area contributed by atoms with Crippen molar-refractivity contribution in [2.24, 2.45) is 7.05 Å². The van der Waals surface area contributed by atoms with Crippen molar-refractivity contribution in [2.75, 3.05) is 13.1 Å². The zero-order valence-electron chi connectivity index (χ0n) is 16.7. The summed E-state index contributed by atoms with van der Waals surface area (Å²) < 4.78 is 36.1. The zero-order chi connectivity index (χ0) is 21.6. The van der Waals surface area contributed by atoms with Crippen LogP contribution in [0.2, 0.25) is 0 Å². The summed E-state index contributed by atoms with van der Waals surface area (Å²) in [5, 5.41) is 4.17. The molecular weight excluding hydrogens is 420 g/mol. The van der Waals surface area contributed by atoms with Gasteiger partial charge in [0, 0.05) is 32.2 Å². The second kappa shape index (κ2) is 7.43. The normalized spacial score (nSPS) is 22.3. The number of pyridine rings is 2. The molecule has 3 aromatic rings. The van der Waals surface area contributed by atoms with Gasteiger partial charge in [0.2, 0.25) is 15.9 Å². The van der Waals surface area contributed by atoms with Crippen molar-refractivity contribution >= 4 is 15.9 Å². The quantitative estimate of drug-likeness (QED) is 0.589. The summed E-state index contributed by atoms with van der Waals surface area (Å²) >= 11 is 0. The molecule has 2 atom stereocenters. The van der Waals surface area contributed by atoms with E-state index in [9.17, 15) is 13.2 Å². The molecule has 160 valence electrons. The zero-order valence-corrected chi connectivity index (χ0v) is 17.5. The highest BCUT2D eigenvalue weighted by Crippen LogP contribution is 2.35. The Balaban J connectivity index is 1.53. The minimum Gasteiger partial charge on any atom is -0.470 e. The number of aryl methyl sites for hydroxylation is 1. The highest BCUT2D eigenvalue weighted by atomic mass is 32.2. The molecule has 0 saturated carbocycles. The first-order chi connectivity index (χ1) is 14.9. The minimum atomic E-state index is -3.93. The number of likely N-dealkylation sites (tertiary alicyclic amines) is 1. The second-order valence-corrected chi connectivity index (χ2v) is 9.35. The lowest BCUT2D eigenvalue weighted by molar-refractivity contribution is 0.0763. The molecular formula is C20H20N6O4S. The van der Waals surface area contributed by atoms with Gasteiger partial charge in [0.1, 0.15) is 16.7 Å². The third-order valence-corrected chi connectivity index (χ3v) is 7.34. The molecule has 5 rings (SSSR count). The molecule has 2 aliphatic rings. The molecule has 1 amide bonds. The van der Waals surface area contributed by atoms with Gasteiger partial charge in [0.05, 0.1) is 24.8 Å². The van der Waals surface area contributed by atoms with Gasteiger partial charge in [0.15, 0.2) is 0 Å². The van der Waals surface area contributed by atoms with Gasteiger partial charge in [-0.15, -0.1) is 0 Å². The molecule has 5 heterocycles. The minimum absolute atomic E-state index is 0.0166. The van der Waals surface area contributed by atoms with Crippen molar-refractivity contribution in [1.29, 1.82) is 0 Å². The van der Waals surface area contributed by atoms with Crippen LogP contribution in [-0.2, 0) is 23.6 Å². The van der Waals surface area contributed by atoms with E-state index in [2.05, 4.69) is 15.1 Å². The van der Waals surface area contributed by atoms with E-state index < -0.39 is 22.2 Å². The summed E-state index contributed by atoms with van der Waals surface area (Å²) in [5.41, 5.74) is 0.906. The van der Waals surface area contributed by atoms with E-state index in [1.54, 1.807) is 53.3 Å². The number of hydrogen-bond donors (Lipinski definition) is 0. The molecule has 0 bridgehead atoms. The lowest BCUT2D eigenvalue weighted by Crippen LogP contribution is -2.46. The fourth-order valence-electron chi connectivity index (χ4n) is 3.97. The average Bonchev–Trinajstić information content (AvgIpc) is 3.37. The Labute approximate surface area is 179 Å². The van der Waals surface area contributed by atoms with Gasteiger partial charge in [-0.05, 0) is 30.3 Å². The topological polar surface area (TPSA) is 111 Å². The van der Waals surface area contributed by atoms with Gasteiger partial charge in [-0.1, -0.05) is 6.07 Å². The summed E-state index contributed by atoms with van der Waals surface area (Å²) in [5.74, 6) is -0.221. The number of fused-ring (bicyclic) bond motifs is 2. The number of ether oxygens (including phenoxy) is 1. The van der Waals surface area contributed by atoms with E-state index in [0.29, 0.717) is 11.4 Å². The van der Waals surface area contributed by atoms with Crippen LogP contribution in [0.15, 0.2) is 59.9 Å². The predicted octanol–water partition coefficient (Wildman–Crippen LogP) is 0.687. The van der Waals surface area contributed by atoms with Gasteiger partial charge < -0.3 is 9.64 Å². The molecule has 0 radical (unpaired) electrons. The van der Waals surface area contributed by atoms with Crippen LogP contribution in [0.3, 0.4) is 0 Å². The smallest absolute Gasteiger partial charge is 0.274 e. The van der Waals surface area contributed by atoms with Crippen LogP contribution in [0.4, 0.5) is 0 Å². The van der Waals surface area contributed by atoms with Crippen molar-refractivity contribution in [3.63, 3.8) is 0 Å². The number of carbonyl (C=O) groups is 1. The Morgan fingerprint density at radius 2 is 1.97 bits per heavy atom. The number of amides is 1. The number of rotatable bonds is 3. The summed E-state index contributed by atoms with van der Waals surface area (Å²) in [4.78, 5) is 23.0. The maximum atomic E-state index is 13.6. The van der Waals surface area contributed by atoms with Crippen molar-refractivity contribution in [1.82, 2.24) is 29.0 Å². The van der Waals surface area contributed by atoms with Gasteiger partial charge in [-0.2, -0.15) is 9.40 Å². The molecule has 0 aromatic carbocycles. The van der Waals surface area contributed by atoms with Gasteiger partial charge in [0.25, 0.3) is 5.91 Å². The Hall–Kier alpha value is -3.31. The van der Waals surface area contributed by atoms with Crippen molar-refractivity contribution < 1.29 is 17.9 Å². The number of aromatic nitrogens is 4. The van der Waals surface area contributed by atoms with Crippen LogP contribution < -0.4 is 4.74 Å². The average molecular weight is 440 g/mol. The van der Waals surface area contributed by atoms with Crippen LogP contribution in [-0.4, -0.2) is 68.5 Å². The van der Waals surface area contributed by atoms with E-state index in [-0.39, 0.29) is 36.3 Å². The molecule has 3 aromatic heterocycles. The summed E-state index contributed by atoms with van der Waals surface area (Å²) in [6.07, 6.45) is 4.23. The number of sulfonamides is 1. The fraction of sp³-hybridized carbons (Fsp3) is 0.300. The van der Waals surface area contributed by atoms with Crippen molar-refractivity contribution in [3.8, 4) is 5.88 Å². The van der Waals surface area contributed by atoms with E-state index in [4.69, 9.17) is 4.74 Å². The Morgan fingerprint density at radius 3 is 2.71 bits per heavy atom. The van der Waals surface area contributed by atoms with Gasteiger partial charge in [-0.25, -0.2) is 13.4 Å². The molecule has 0 unspecified atom stereocenters. The highest BCUT2D eigenvalue weighted by Gasteiger charge is 2.49. The molecule has 10 nitrogen and oxygen atoms in total. The van der Waals surface area contributed by atoms with E-state index >= 15 is 0 Å². The van der Waals surface area contributed by atoms with Crippen LogP contribution in [0.5, 0.6) is 5.88 Å². The third-order valence-electron chi connectivity index (χ3n) is 5.46.